The highest BCUT2D eigenvalue weighted by atomic mass is 35.5. The van der Waals surface area contributed by atoms with E-state index in [1.807, 2.05) is 13.8 Å². The van der Waals surface area contributed by atoms with E-state index in [9.17, 15) is 8.78 Å². The third kappa shape index (κ3) is 0.822. The van der Waals surface area contributed by atoms with E-state index in [0.29, 0.717) is 0 Å². The van der Waals surface area contributed by atoms with Gasteiger partial charge >= 0.3 is 0 Å². The van der Waals surface area contributed by atoms with Crippen molar-refractivity contribution in [1.82, 2.24) is 0 Å². The predicted octanol–water partition coefficient (Wildman–Crippen LogP) is 3.72. The average molecular weight is 227 g/mol. The first-order valence-electron chi connectivity index (χ1n) is 4.17. The highest BCUT2D eigenvalue weighted by Gasteiger charge is 2.91. The quantitative estimate of drug-likeness (QED) is 0.437. The molecule has 0 heterocycles. The SMILES string of the molecule is CC1=C(C)CC2(Cl)C(F)(F)C2(Cl)C1. The molecule has 2 atom stereocenters. The molecular weight excluding hydrogens is 217 g/mol. The van der Waals surface area contributed by atoms with Crippen LogP contribution in [0.25, 0.3) is 0 Å². The molecular formula is C9H10Cl2F2. The van der Waals surface area contributed by atoms with Crippen LogP contribution in [0.2, 0.25) is 0 Å². The van der Waals surface area contributed by atoms with Crippen molar-refractivity contribution in [2.75, 3.05) is 0 Å². The number of rotatable bonds is 0. The van der Waals surface area contributed by atoms with E-state index in [1.165, 1.54) is 0 Å². The minimum absolute atomic E-state index is 0.205. The van der Waals surface area contributed by atoms with E-state index in [4.69, 9.17) is 23.2 Å². The summed E-state index contributed by atoms with van der Waals surface area (Å²) in [5.74, 6) is -2.93. The van der Waals surface area contributed by atoms with Crippen LogP contribution in [0.4, 0.5) is 8.78 Å². The molecule has 0 aromatic heterocycles. The second kappa shape index (κ2) is 2.22. The Morgan fingerprint density at radius 1 is 1.00 bits per heavy atom. The van der Waals surface area contributed by atoms with Crippen LogP contribution in [0.15, 0.2) is 11.1 Å². The highest BCUT2D eigenvalue weighted by Crippen LogP contribution is 2.76. The third-order valence-electron chi connectivity index (χ3n) is 3.31. The Kier molecular flexibility index (Phi) is 1.66. The van der Waals surface area contributed by atoms with Gasteiger partial charge in [0.05, 0.1) is 0 Å². The largest absolute Gasteiger partial charge is 0.290 e. The molecule has 4 heteroatoms. The molecule has 0 aromatic carbocycles. The van der Waals surface area contributed by atoms with Gasteiger partial charge in [0.25, 0.3) is 5.92 Å². The standard InChI is InChI=1S/C9H10Cl2F2/c1-5-3-7(10)8(11,4-6(5)2)9(7,12)13/h3-4H2,1-2H3. The molecule has 0 N–H and O–H groups in total. The summed E-state index contributed by atoms with van der Waals surface area (Å²) in [5, 5.41) is 0. The molecule has 0 bridgehead atoms. The lowest BCUT2D eigenvalue weighted by Crippen LogP contribution is -2.20. The summed E-state index contributed by atoms with van der Waals surface area (Å²) in [5.41, 5.74) is 1.90. The molecule has 0 amide bonds. The van der Waals surface area contributed by atoms with Crippen molar-refractivity contribution in [3.63, 3.8) is 0 Å². The van der Waals surface area contributed by atoms with Crippen LogP contribution >= 0.6 is 23.2 Å². The van der Waals surface area contributed by atoms with Gasteiger partial charge in [0, 0.05) is 0 Å². The molecule has 2 aliphatic carbocycles. The summed E-state index contributed by atoms with van der Waals surface area (Å²) in [4.78, 5) is -3.05. The van der Waals surface area contributed by atoms with Gasteiger partial charge in [-0.3, -0.25) is 0 Å². The van der Waals surface area contributed by atoms with E-state index < -0.39 is 15.7 Å². The zero-order valence-corrected chi connectivity index (χ0v) is 8.94. The molecule has 2 unspecified atom stereocenters. The van der Waals surface area contributed by atoms with E-state index in [2.05, 4.69) is 0 Å². The molecule has 0 aromatic rings. The topological polar surface area (TPSA) is 0 Å². The smallest absolute Gasteiger partial charge is 0.203 e. The summed E-state index contributed by atoms with van der Waals surface area (Å²) < 4.78 is 26.7. The first-order chi connectivity index (χ1) is 5.76. The summed E-state index contributed by atoms with van der Waals surface area (Å²) in [6.07, 6.45) is 0.410. The fourth-order valence-electron chi connectivity index (χ4n) is 2.07. The van der Waals surface area contributed by atoms with Gasteiger partial charge in [-0.05, 0) is 26.7 Å². The van der Waals surface area contributed by atoms with Crippen molar-refractivity contribution in [2.24, 2.45) is 0 Å². The highest BCUT2D eigenvalue weighted by molar-refractivity contribution is 6.42. The molecule has 0 spiro atoms. The maximum atomic E-state index is 13.3. The van der Waals surface area contributed by atoms with Gasteiger partial charge in [0.1, 0.15) is 9.75 Å². The second-order valence-corrected chi connectivity index (χ2v) is 5.38. The summed E-state index contributed by atoms with van der Waals surface area (Å²) in [6, 6.07) is 0. The molecule has 2 rings (SSSR count). The van der Waals surface area contributed by atoms with Crippen molar-refractivity contribution in [3.8, 4) is 0 Å². The maximum Gasteiger partial charge on any atom is 0.290 e. The molecule has 0 radical (unpaired) electrons. The van der Waals surface area contributed by atoms with Crippen molar-refractivity contribution < 1.29 is 8.78 Å². The zero-order valence-electron chi connectivity index (χ0n) is 7.43. The predicted molar refractivity (Wildman–Crippen MR) is 49.7 cm³/mol. The Bertz CT molecular complexity index is 283. The van der Waals surface area contributed by atoms with Gasteiger partial charge in [-0.2, -0.15) is 0 Å². The molecule has 74 valence electrons. The zero-order chi connectivity index (χ0) is 10.1. The molecule has 1 saturated carbocycles. The number of hydrogen-bond donors (Lipinski definition) is 0. The minimum atomic E-state index is -2.93. The van der Waals surface area contributed by atoms with Crippen LogP contribution < -0.4 is 0 Å². The lowest BCUT2D eigenvalue weighted by atomic mass is 9.93. The molecule has 0 saturated heterocycles. The Morgan fingerprint density at radius 3 is 1.62 bits per heavy atom. The van der Waals surface area contributed by atoms with Crippen LogP contribution in [-0.4, -0.2) is 15.7 Å². The van der Waals surface area contributed by atoms with Crippen molar-refractivity contribution in [2.45, 2.75) is 42.4 Å². The lowest BCUT2D eigenvalue weighted by molar-refractivity contribution is 0.0942. The van der Waals surface area contributed by atoms with Crippen molar-refractivity contribution in [3.05, 3.63) is 11.1 Å². The van der Waals surface area contributed by atoms with E-state index in [-0.39, 0.29) is 12.8 Å². The number of alkyl halides is 4. The van der Waals surface area contributed by atoms with Gasteiger partial charge in [0.15, 0.2) is 0 Å². The van der Waals surface area contributed by atoms with Crippen LogP contribution in [0.3, 0.4) is 0 Å². The Labute approximate surface area is 85.9 Å². The molecule has 2 aliphatic rings. The summed E-state index contributed by atoms with van der Waals surface area (Å²) in [7, 11) is 0. The first kappa shape index (κ1) is 9.72. The van der Waals surface area contributed by atoms with Gasteiger partial charge in [-0.15, -0.1) is 23.2 Å². The molecule has 0 nitrogen and oxygen atoms in total. The lowest BCUT2D eigenvalue weighted by Gasteiger charge is -2.20. The Morgan fingerprint density at radius 2 is 1.31 bits per heavy atom. The van der Waals surface area contributed by atoms with Crippen LogP contribution in [0.5, 0.6) is 0 Å². The average Bonchev–Trinajstić information content (AvgIpc) is 2.30. The van der Waals surface area contributed by atoms with E-state index in [0.717, 1.165) is 11.1 Å². The van der Waals surface area contributed by atoms with Crippen molar-refractivity contribution >= 4 is 23.2 Å². The molecule has 0 aliphatic heterocycles. The maximum absolute atomic E-state index is 13.3. The van der Waals surface area contributed by atoms with Crippen LogP contribution in [0, 0.1) is 0 Å². The fraction of sp³-hybridized carbons (Fsp3) is 0.778. The molecule has 1 fully saturated rings. The van der Waals surface area contributed by atoms with E-state index >= 15 is 0 Å². The van der Waals surface area contributed by atoms with Gasteiger partial charge in [-0.1, -0.05) is 11.1 Å². The summed E-state index contributed by atoms with van der Waals surface area (Å²) in [6.45, 7) is 3.68. The van der Waals surface area contributed by atoms with Gasteiger partial charge in [-0.25, -0.2) is 8.78 Å². The third-order valence-corrected chi connectivity index (χ3v) is 4.79. The Hall–Kier alpha value is 0.180. The van der Waals surface area contributed by atoms with Crippen LogP contribution in [0.1, 0.15) is 26.7 Å². The minimum Gasteiger partial charge on any atom is -0.203 e. The molecule has 13 heavy (non-hydrogen) atoms. The Balaban J connectivity index is 2.41. The van der Waals surface area contributed by atoms with Crippen molar-refractivity contribution in [1.29, 1.82) is 0 Å². The summed E-state index contributed by atoms with van der Waals surface area (Å²) >= 11 is 11.6. The normalized spacial score (nSPS) is 47.5. The monoisotopic (exact) mass is 226 g/mol. The van der Waals surface area contributed by atoms with Gasteiger partial charge < -0.3 is 0 Å². The number of allylic oxidation sites excluding steroid dienone is 2. The second-order valence-electron chi connectivity index (χ2n) is 4.09. The van der Waals surface area contributed by atoms with Crippen LogP contribution in [-0.2, 0) is 0 Å². The van der Waals surface area contributed by atoms with E-state index in [1.54, 1.807) is 0 Å². The first-order valence-corrected chi connectivity index (χ1v) is 4.93. The number of fused-ring (bicyclic) bond motifs is 1. The fourth-order valence-corrected chi connectivity index (χ4v) is 3.12. The number of hydrogen-bond acceptors (Lipinski definition) is 0. The number of halogens is 4. The van der Waals surface area contributed by atoms with Gasteiger partial charge in [0.2, 0.25) is 0 Å².